The lowest BCUT2D eigenvalue weighted by Crippen LogP contribution is -2.51. The number of halogens is 2. The number of piperidine rings is 1. The van der Waals surface area contributed by atoms with Crippen LogP contribution in [0.4, 0.5) is 0 Å². The second-order valence-electron chi connectivity index (χ2n) is 9.23. The molecule has 4 unspecified atom stereocenters. The molecule has 0 spiro atoms. The summed E-state index contributed by atoms with van der Waals surface area (Å²) in [5.74, 6) is 1.37. The maximum absolute atomic E-state index is 6.30. The summed E-state index contributed by atoms with van der Waals surface area (Å²) in [5, 5.41) is 7.76. The van der Waals surface area contributed by atoms with Gasteiger partial charge in [0.1, 0.15) is 0 Å². The molecule has 3 saturated heterocycles. The molecule has 0 aromatic heterocycles. The van der Waals surface area contributed by atoms with Gasteiger partial charge >= 0.3 is 0 Å². The zero-order chi connectivity index (χ0) is 21.6. The second-order valence-corrected chi connectivity index (χ2v) is 9.67. The predicted octanol–water partition coefficient (Wildman–Crippen LogP) is 3.76. The number of aliphatic imine (C=N–C) groups is 1. The molecule has 0 bridgehead atoms. The number of rotatable bonds is 6. The van der Waals surface area contributed by atoms with Crippen molar-refractivity contribution in [3.05, 3.63) is 34.9 Å². The Hall–Kier alpha value is -0.610. The first-order valence-corrected chi connectivity index (χ1v) is 12.4. The number of hydrogen-bond acceptors (Lipinski definition) is 4. The highest BCUT2D eigenvalue weighted by atomic mass is 127. The number of ether oxygens (including phenoxy) is 1. The van der Waals surface area contributed by atoms with E-state index < -0.39 is 0 Å². The van der Waals surface area contributed by atoms with Crippen molar-refractivity contribution < 1.29 is 4.74 Å². The molecule has 0 aliphatic carbocycles. The van der Waals surface area contributed by atoms with E-state index in [-0.39, 0.29) is 30.1 Å². The first kappa shape index (κ1) is 26.0. The average Bonchev–Trinajstić information content (AvgIpc) is 3.23. The van der Waals surface area contributed by atoms with Gasteiger partial charge < -0.3 is 15.4 Å². The van der Waals surface area contributed by atoms with Gasteiger partial charge in [0.15, 0.2) is 5.96 Å². The first-order valence-electron chi connectivity index (χ1n) is 12.0. The third kappa shape index (κ3) is 6.72. The summed E-state index contributed by atoms with van der Waals surface area (Å²) in [7, 11) is 2.22. The maximum atomic E-state index is 6.30. The van der Waals surface area contributed by atoms with Crippen molar-refractivity contribution in [2.75, 3.05) is 52.9 Å². The SMILES string of the molecule is CCNC(=NCC1CCCN(C)C1c1cccc(Cl)c1)NCC1CN2CCCC2CO1.I. The molecule has 0 saturated carbocycles. The second kappa shape index (κ2) is 12.7. The van der Waals surface area contributed by atoms with Crippen molar-refractivity contribution >= 4 is 41.5 Å². The van der Waals surface area contributed by atoms with Gasteiger partial charge in [-0.1, -0.05) is 23.7 Å². The number of likely N-dealkylation sites (tertiary alicyclic amines) is 1. The van der Waals surface area contributed by atoms with Crippen LogP contribution in [0.15, 0.2) is 29.3 Å². The van der Waals surface area contributed by atoms with Crippen LogP contribution in [0.1, 0.15) is 44.2 Å². The molecular weight excluding hydrogens is 537 g/mol. The van der Waals surface area contributed by atoms with Crippen LogP contribution in [0.3, 0.4) is 0 Å². The molecule has 0 radical (unpaired) electrons. The molecule has 3 aliphatic heterocycles. The summed E-state index contributed by atoms with van der Waals surface area (Å²) in [4.78, 5) is 10.0. The molecule has 3 heterocycles. The quantitative estimate of drug-likeness (QED) is 0.307. The van der Waals surface area contributed by atoms with Crippen LogP contribution in [0.25, 0.3) is 0 Å². The van der Waals surface area contributed by atoms with Gasteiger partial charge in [-0.2, -0.15) is 0 Å². The Morgan fingerprint density at radius 1 is 1.22 bits per heavy atom. The Kier molecular flexibility index (Phi) is 10.4. The summed E-state index contributed by atoms with van der Waals surface area (Å²) in [6.07, 6.45) is 5.23. The monoisotopic (exact) mass is 575 g/mol. The lowest BCUT2D eigenvalue weighted by molar-refractivity contribution is -0.0453. The Morgan fingerprint density at radius 3 is 2.88 bits per heavy atom. The molecule has 3 aliphatic rings. The number of nitrogens with zero attached hydrogens (tertiary/aromatic N) is 3. The van der Waals surface area contributed by atoms with Crippen molar-refractivity contribution in [3.63, 3.8) is 0 Å². The smallest absolute Gasteiger partial charge is 0.191 e. The van der Waals surface area contributed by atoms with Crippen LogP contribution in [0.2, 0.25) is 5.02 Å². The van der Waals surface area contributed by atoms with E-state index in [2.05, 4.69) is 52.6 Å². The molecule has 3 fully saturated rings. The Bertz CT molecular complexity index is 751. The summed E-state index contributed by atoms with van der Waals surface area (Å²) >= 11 is 6.30. The van der Waals surface area contributed by atoms with Crippen molar-refractivity contribution in [3.8, 4) is 0 Å². The molecule has 1 aromatic rings. The normalized spacial score (nSPS) is 29.3. The van der Waals surface area contributed by atoms with E-state index in [1.165, 1.54) is 37.8 Å². The fourth-order valence-corrected chi connectivity index (χ4v) is 5.64. The molecule has 32 heavy (non-hydrogen) atoms. The maximum Gasteiger partial charge on any atom is 0.191 e. The van der Waals surface area contributed by atoms with Crippen LogP contribution in [0, 0.1) is 5.92 Å². The van der Waals surface area contributed by atoms with Gasteiger partial charge in [0, 0.05) is 43.3 Å². The van der Waals surface area contributed by atoms with Crippen LogP contribution >= 0.6 is 35.6 Å². The van der Waals surface area contributed by atoms with E-state index in [1.54, 1.807) is 0 Å². The summed E-state index contributed by atoms with van der Waals surface area (Å²) in [5.41, 5.74) is 1.30. The van der Waals surface area contributed by atoms with Gasteiger partial charge in [0.05, 0.1) is 12.7 Å². The van der Waals surface area contributed by atoms with E-state index in [1.807, 2.05) is 6.07 Å². The number of hydrogen-bond donors (Lipinski definition) is 2. The van der Waals surface area contributed by atoms with E-state index in [9.17, 15) is 0 Å². The summed E-state index contributed by atoms with van der Waals surface area (Å²) < 4.78 is 6.11. The van der Waals surface area contributed by atoms with Gasteiger partial charge in [0.25, 0.3) is 0 Å². The van der Waals surface area contributed by atoms with Crippen molar-refractivity contribution in [2.45, 2.75) is 50.8 Å². The number of nitrogens with one attached hydrogen (secondary N) is 2. The molecular formula is C24H39ClIN5O. The van der Waals surface area contributed by atoms with Gasteiger partial charge in [-0.25, -0.2) is 0 Å². The highest BCUT2D eigenvalue weighted by Gasteiger charge is 2.33. The highest BCUT2D eigenvalue weighted by molar-refractivity contribution is 14.0. The topological polar surface area (TPSA) is 52.1 Å². The number of fused-ring (bicyclic) bond motifs is 1. The molecule has 180 valence electrons. The summed E-state index contributed by atoms with van der Waals surface area (Å²) in [6, 6.07) is 9.32. The molecule has 1 aromatic carbocycles. The van der Waals surface area contributed by atoms with Crippen LogP contribution in [-0.2, 0) is 4.74 Å². The largest absolute Gasteiger partial charge is 0.373 e. The standard InChI is InChI=1S/C24H38ClN5O.HI/c1-3-26-24(28-15-22-16-30-12-6-10-21(30)17-31-22)27-14-19-8-5-11-29(2)23(19)18-7-4-9-20(25)13-18;/h4,7,9,13,19,21-23H,3,5-6,8,10-12,14-17H2,1-2H3,(H2,26,27,28);1H. The molecule has 2 N–H and O–H groups in total. The molecule has 0 amide bonds. The zero-order valence-electron chi connectivity index (χ0n) is 19.4. The lowest BCUT2D eigenvalue weighted by Gasteiger charge is -2.39. The van der Waals surface area contributed by atoms with E-state index in [4.69, 9.17) is 21.3 Å². The Morgan fingerprint density at radius 2 is 2.06 bits per heavy atom. The van der Waals surface area contributed by atoms with E-state index in [0.29, 0.717) is 18.0 Å². The number of guanidine groups is 1. The molecule has 8 heteroatoms. The highest BCUT2D eigenvalue weighted by Crippen LogP contribution is 2.36. The predicted molar refractivity (Wildman–Crippen MR) is 143 cm³/mol. The number of benzene rings is 1. The molecule has 4 rings (SSSR count). The molecule has 4 atom stereocenters. The molecule has 6 nitrogen and oxygen atoms in total. The van der Waals surface area contributed by atoms with E-state index in [0.717, 1.165) is 50.3 Å². The minimum absolute atomic E-state index is 0. The number of morpholine rings is 1. The minimum atomic E-state index is 0. The van der Waals surface area contributed by atoms with Gasteiger partial charge in [0.2, 0.25) is 0 Å². The Labute approximate surface area is 215 Å². The fourth-order valence-electron chi connectivity index (χ4n) is 5.44. The minimum Gasteiger partial charge on any atom is -0.373 e. The van der Waals surface area contributed by atoms with Crippen molar-refractivity contribution in [1.29, 1.82) is 0 Å². The van der Waals surface area contributed by atoms with Gasteiger partial charge in [-0.3, -0.25) is 14.8 Å². The fraction of sp³-hybridized carbons (Fsp3) is 0.708. The van der Waals surface area contributed by atoms with Crippen LogP contribution < -0.4 is 10.6 Å². The van der Waals surface area contributed by atoms with E-state index >= 15 is 0 Å². The Balaban J connectivity index is 0.00000289. The van der Waals surface area contributed by atoms with Crippen LogP contribution in [-0.4, -0.2) is 80.8 Å². The van der Waals surface area contributed by atoms with Gasteiger partial charge in [-0.15, -0.1) is 24.0 Å². The lowest BCUT2D eigenvalue weighted by atomic mass is 9.85. The first-order chi connectivity index (χ1) is 15.1. The summed E-state index contributed by atoms with van der Waals surface area (Å²) in [6.45, 7) is 8.82. The third-order valence-electron chi connectivity index (χ3n) is 6.98. The average molecular weight is 576 g/mol. The van der Waals surface area contributed by atoms with Crippen molar-refractivity contribution in [2.24, 2.45) is 10.9 Å². The third-order valence-corrected chi connectivity index (χ3v) is 7.22. The van der Waals surface area contributed by atoms with Crippen molar-refractivity contribution in [1.82, 2.24) is 20.4 Å². The van der Waals surface area contributed by atoms with Gasteiger partial charge in [-0.05, 0) is 76.4 Å². The van der Waals surface area contributed by atoms with Crippen LogP contribution in [0.5, 0.6) is 0 Å². The zero-order valence-corrected chi connectivity index (χ0v) is 22.5.